The lowest BCUT2D eigenvalue weighted by Gasteiger charge is -2.14. The minimum Gasteiger partial charge on any atom is -0.453 e. The number of benzene rings is 2. The lowest BCUT2D eigenvalue weighted by molar-refractivity contribution is -0.385. The van der Waals surface area contributed by atoms with Crippen molar-refractivity contribution in [3.05, 3.63) is 62.3 Å². The first-order valence-corrected chi connectivity index (χ1v) is 9.28. The van der Waals surface area contributed by atoms with Crippen LogP contribution >= 0.6 is 27.7 Å². The van der Waals surface area contributed by atoms with Gasteiger partial charge in [0.1, 0.15) is 11.6 Å². The van der Waals surface area contributed by atoms with Crippen LogP contribution in [0.25, 0.3) is 6.08 Å². The van der Waals surface area contributed by atoms with Crippen LogP contribution in [0.1, 0.15) is 5.56 Å². The van der Waals surface area contributed by atoms with E-state index in [9.17, 15) is 18.9 Å². The predicted molar refractivity (Wildman–Crippen MR) is 102 cm³/mol. The third kappa shape index (κ3) is 4.53. The van der Waals surface area contributed by atoms with Crippen LogP contribution in [-0.4, -0.2) is 30.2 Å². The van der Waals surface area contributed by atoms with Crippen molar-refractivity contribution in [1.29, 1.82) is 0 Å². The third-order valence-corrected chi connectivity index (χ3v) is 4.68. The molecule has 0 fully saturated rings. The van der Waals surface area contributed by atoms with Gasteiger partial charge in [-0.15, -0.1) is 11.8 Å². The van der Waals surface area contributed by atoms with E-state index in [1.807, 2.05) is 0 Å². The van der Waals surface area contributed by atoms with Crippen molar-refractivity contribution < 1.29 is 18.4 Å². The van der Waals surface area contributed by atoms with Crippen molar-refractivity contribution in [3.8, 4) is 11.5 Å². The van der Waals surface area contributed by atoms with Gasteiger partial charge in [-0.1, -0.05) is 0 Å². The fraction of sp³-hybridized carbons (Fsp3) is 0.176. The minimum absolute atomic E-state index is 0.153. The first kappa shape index (κ1) is 20.2. The maximum absolute atomic E-state index is 14.5. The number of hydrogen-bond donors (Lipinski definition) is 0. The van der Waals surface area contributed by atoms with Gasteiger partial charge in [0.25, 0.3) is 5.69 Å². The monoisotopic (exact) mass is 444 g/mol. The van der Waals surface area contributed by atoms with Crippen LogP contribution in [0.3, 0.4) is 0 Å². The summed E-state index contributed by atoms with van der Waals surface area (Å²) in [6.07, 6.45) is 4.81. The van der Waals surface area contributed by atoms with E-state index < -0.39 is 16.6 Å². The molecular formula is C17H15BrF2N2O3S. The molecule has 26 heavy (non-hydrogen) atoms. The standard InChI is InChI=1S/C17H15BrF2N2O3S/c1-21(2)7-6-11-15(22(23)24)9-14(20)16(17(11)26-3)25-10-4-5-13(19)12(18)8-10/h4-9H,1-3H3/b7-6+. The van der Waals surface area contributed by atoms with E-state index in [4.69, 9.17) is 4.74 Å². The van der Waals surface area contributed by atoms with E-state index in [0.717, 1.165) is 17.8 Å². The molecule has 0 aliphatic carbocycles. The zero-order chi connectivity index (χ0) is 19.4. The summed E-state index contributed by atoms with van der Waals surface area (Å²) in [6.45, 7) is 0. The second-order valence-electron chi connectivity index (χ2n) is 5.37. The molecule has 0 heterocycles. The molecule has 5 nitrogen and oxygen atoms in total. The number of thioether (sulfide) groups is 1. The van der Waals surface area contributed by atoms with Gasteiger partial charge in [-0.05, 0) is 52.7 Å². The molecule has 138 valence electrons. The first-order chi connectivity index (χ1) is 12.2. The highest BCUT2D eigenvalue weighted by Crippen LogP contribution is 2.42. The molecule has 9 heteroatoms. The quantitative estimate of drug-likeness (QED) is 0.325. The zero-order valence-electron chi connectivity index (χ0n) is 14.1. The summed E-state index contributed by atoms with van der Waals surface area (Å²) < 4.78 is 33.7. The fourth-order valence-electron chi connectivity index (χ4n) is 2.10. The largest absolute Gasteiger partial charge is 0.453 e. The lowest BCUT2D eigenvalue weighted by Crippen LogP contribution is -2.02. The van der Waals surface area contributed by atoms with Crippen molar-refractivity contribution in [3.63, 3.8) is 0 Å². The van der Waals surface area contributed by atoms with E-state index in [1.165, 1.54) is 24.3 Å². The van der Waals surface area contributed by atoms with E-state index in [-0.39, 0.29) is 32.1 Å². The van der Waals surface area contributed by atoms with Crippen molar-refractivity contribution in [1.82, 2.24) is 4.90 Å². The van der Waals surface area contributed by atoms with Crippen LogP contribution in [0.4, 0.5) is 14.5 Å². The van der Waals surface area contributed by atoms with E-state index in [1.54, 1.807) is 31.5 Å². The van der Waals surface area contributed by atoms with Gasteiger partial charge in [0.05, 0.1) is 25.9 Å². The van der Waals surface area contributed by atoms with Crippen molar-refractivity contribution in [2.75, 3.05) is 20.4 Å². The number of rotatable bonds is 6. The van der Waals surface area contributed by atoms with Crippen LogP contribution in [-0.2, 0) is 0 Å². The van der Waals surface area contributed by atoms with Crippen LogP contribution in [0, 0.1) is 21.7 Å². The number of ether oxygens (including phenoxy) is 1. The number of nitro benzene ring substituents is 1. The van der Waals surface area contributed by atoms with Gasteiger partial charge in [-0.3, -0.25) is 10.1 Å². The molecule has 0 saturated carbocycles. The normalized spacial score (nSPS) is 11.0. The molecule has 2 aromatic carbocycles. The molecule has 2 aromatic rings. The van der Waals surface area contributed by atoms with E-state index >= 15 is 0 Å². The molecule has 0 aliphatic rings. The number of nitrogens with zero attached hydrogens (tertiary/aromatic N) is 2. The Balaban J connectivity index is 2.62. The first-order valence-electron chi connectivity index (χ1n) is 7.27. The molecule has 0 radical (unpaired) electrons. The molecule has 0 aromatic heterocycles. The summed E-state index contributed by atoms with van der Waals surface area (Å²) in [7, 11) is 3.52. The summed E-state index contributed by atoms with van der Waals surface area (Å²) in [4.78, 5) is 12.7. The highest BCUT2D eigenvalue weighted by atomic mass is 79.9. The van der Waals surface area contributed by atoms with Gasteiger partial charge < -0.3 is 9.64 Å². The number of halogens is 3. The van der Waals surface area contributed by atoms with Crippen LogP contribution in [0.5, 0.6) is 11.5 Å². The molecule has 0 saturated heterocycles. The predicted octanol–water partition coefficient (Wildman–Crippen LogP) is 5.68. The maximum atomic E-state index is 14.5. The van der Waals surface area contributed by atoms with Crippen LogP contribution in [0.2, 0.25) is 0 Å². The number of nitro groups is 1. The van der Waals surface area contributed by atoms with Gasteiger partial charge in [0.15, 0.2) is 11.6 Å². The molecular weight excluding hydrogens is 430 g/mol. The molecule has 0 aliphatic heterocycles. The van der Waals surface area contributed by atoms with Gasteiger partial charge in [0, 0.05) is 14.1 Å². The van der Waals surface area contributed by atoms with Crippen molar-refractivity contribution in [2.45, 2.75) is 4.90 Å². The summed E-state index contributed by atoms with van der Waals surface area (Å²) >= 11 is 4.16. The lowest BCUT2D eigenvalue weighted by atomic mass is 10.1. The van der Waals surface area contributed by atoms with Crippen LogP contribution < -0.4 is 4.74 Å². The Morgan fingerprint density at radius 3 is 2.50 bits per heavy atom. The van der Waals surface area contributed by atoms with Gasteiger partial charge in [-0.2, -0.15) is 0 Å². The summed E-state index contributed by atoms with van der Waals surface area (Å²) in [6, 6.07) is 4.70. The minimum atomic E-state index is -0.872. The Morgan fingerprint density at radius 1 is 1.27 bits per heavy atom. The topological polar surface area (TPSA) is 55.6 Å². The Morgan fingerprint density at radius 2 is 1.96 bits per heavy atom. The van der Waals surface area contributed by atoms with Crippen LogP contribution in [0.15, 0.2) is 39.8 Å². The fourth-order valence-corrected chi connectivity index (χ4v) is 3.18. The summed E-state index contributed by atoms with van der Waals surface area (Å²) in [5, 5.41) is 11.3. The summed E-state index contributed by atoms with van der Waals surface area (Å²) in [5.41, 5.74) is -0.133. The molecule has 0 atom stereocenters. The van der Waals surface area contributed by atoms with E-state index in [0.29, 0.717) is 0 Å². The van der Waals surface area contributed by atoms with Gasteiger partial charge in [0.2, 0.25) is 0 Å². The van der Waals surface area contributed by atoms with Crippen molar-refractivity contribution >= 4 is 39.5 Å². The Labute approximate surface area is 161 Å². The average Bonchev–Trinajstić information content (AvgIpc) is 2.57. The van der Waals surface area contributed by atoms with Gasteiger partial charge >= 0.3 is 0 Å². The highest BCUT2D eigenvalue weighted by molar-refractivity contribution is 9.10. The average molecular weight is 445 g/mol. The second-order valence-corrected chi connectivity index (χ2v) is 7.04. The maximum Gasteiger partial charge on any atom is 0.280 e. The Bertz CT molecular complexity index is 876. The SMILES string of the molecule is CSc1c(/C=C/N(C)C)c([N+](=O)[O-])cc(F)c1Oc1ccc(F)c(Br)c1. The Hall–Kier alpha value is -2.13. The van der Waals surface area contributed by atoms with Gasteiger partial charge in [-0.25, -0.2) is 8.78 Å². The Kier molecular flexibility index (Phi) is 6.60. The smallest absolute Gasteiger partial charge is 0.280 e. The zero-order valence-corrected chi connectivity index (χ0v) is 16.5. The molecule has 2 rings (SSSR count). The van der Waals surface area contributed by atoms with E-state index in [2.05, 4.69) is 15.9 Å². The molecule has 0 unspecified atom stereocenters. The molecule has 0 spiro atoms. The highest BCUT2D eigenvalue weighted by Gasteiger charge is 2.25. The number of hydrogen-bond acceptors (Lipinski definition) is 5. The molecule has 0 N–H and O–H groups in total. The summed E-state index contributed by atoms with van der Waals surface area (Å²) in [5.74, 6) is -1.31. The third-order valence-electron chi connectivity index (χ3n) is 3.26. The molecule has 0 bridgehead atoms. The molecule has 0 amide bonds. The van der Waals surface area contributed by atoms with Crippen molar-refractivity contribution in [2.24, 2.45) is 0 Å². The second kappa shape index (κ2) is 8.50.